The fourth-order valence-electron chi connectivity index (χ4n) is 3.28. The molecule has 1 atom stereocenters. The number of benzene rings is 2. The highest BCUT2D eigenvalue weighted by atomic mass is 35.5. The molecule has 0 fully saturated rings. The molecule has 0 heterocycles. The van der Waals surface area contributed by atoms with Gasteiger partial charge in [-0.1, -0.05) is 41.9 Å². The van der Waals surface area contributed by atoms with Crippen LogP contribution in [0.25, 0.3) is 0 Å². The summed E-state index contributed by atoms with van der Waals surface area (Å²) in [5.41, 5.74) is 1.43. The van der Waals surface area contributed by atoms with Crippen molar-refractivity contribution in [2.24, 2.45) is 0 Å². The maximum atomic E-state index is 13.5. The van der Waals surface area contributed by atoms with Gasteiger partial charge in [-0.2, -0.15) is 0 Å². The van der Waals surface area contributed by atoms with E-state index < -0.39 is 34.1 Å². The van der Waals surface area contributed by atoms with Gasteiger partial charge >= 0.3 is 0 Å². The second-order valence-corrected chi connectivity index (χ2v) is 11.5. The van der Waals surface area contributed by atoms with Gasteiger partial charge in [-0.3, -0.25) is 13.9 Å². The fraction of sp³-hybridized carbons (Fsp3) is 0.417. The van der Waals surface area contributed by atoms with Crippen LogP contribution in [-0.2, 0) is 26.2 Å². The van der Waals surface area contributed by atoms with Crippen molar-refractivity contribution in [3.63, 3.8) is 0 Å². The first-order valence-electron chi connectivity index (χ1n) is 10.6. The van der Waals surface area contributed by atoms with E-state index in [9.17, 15) is 18.0 Å². The largest absolute Gasteiger partial charge is 0.350 e. The predicted octanol–water partition coefficient (Wildman–Crippen LogP) is 3.75. The highest BCUT2D eigenvalue weighted by Crippen LogP contribution is 2.23. The molecule has 0 unspecified atom stereocenters. The van der Waals surface area contributed by atoms with Crippen LogP contribution in [0.1, 0.15) is 38.8 Å². The van der Waals surface area contributed by atoms with Crippen LogP contribution in [0, 0.1) is 6.92 Å². The van der Waals surface area contributed by atoms with Crippen LogP contribution < -0.4 is 9.62 Å². The van der Waals surface area contributed by atoms with Gasteiger partial charge in [-0.25, -0.2) is 8.42 Å². The minimum Gasteiger partial charge on any atom is -0.350 e. The Morgan fingerprint density at radius 3 is 2.15 bits per heavy atom. The Hall–Kier alpha value is -2.58. The zero-order chi connectivity index (χ0) is 25.0. The number of para-hydroxylation sites is 1. The van der Waals surface area contributed by atoms with Crippen LogP contribution in [0.4, 0.5) is 5.69 Å². The minimum atomic E-state index is -3.75. The van der Waals surface area contributed by atoms with Crippen LogP contribution in [0.2, 0.25) is 5.02 Å². The summed E-state index contributed by atoms with van der Waals surface area (Å²) in [4.78, 5) is 27.8. The summed E-state index contributed by atoms with van der Waals surface area (Å²) in [5, 5.41) is 3.44. The number of amides is 2. The van der Waals surface area contributed by atoms with Crippen LogP contribution in [0.3, 0.4) is 0 Å². The fourth-order valence-corrected chi connectivity index (χ4v) is 4.31. The van der Waals surface area contributed by atoms with E-state index in [2.05, 4.69) is 5.32 Å². The van der Waals surface area contributed by atoms with Crippen molar-refractivity contribution in [3.05, 3.63) is 64.7 Å². The second-order valence-electron chi connectivity index (χ2n) is 9.12. The lowest BCUT2D eigenvalue weighted by molar-refractivity contribution is -0.140. The first kappa shape index (κ1) is 26.7. The lowest BCUT2D eigenvalue weighted by Gasteiger charge is -2.33. The average Bonchev–Trinajstić information content (AvgIpc) is 2.69. The lowest BCUT2D eigenvalue weighted by Crippen LogP contribution is -2.54. The van der Waals surface area contributed by atoms with Gasteiger partial charge in [0.1, 0.15) is 12.6 Å². The average molecular weight is 494 g/mol. The Morgan fingerprint density at radius 1 is 1.06 bits per heavy atom. The summed E-state index contributed by atoms with van der Waals surface area (Å²) in [7, 11) is -3.75. The topological polar surface area (TPSA) is 86.8 Å². The van der Waals surface area contributed by atoms with Gasteiger partial charge in [-0.05, 0) is 63.9 Å². The van der Waals surface area contributed by atoms with Crippen molar-refractivity contribution in [3.8, 4) is 0 Å². The molecule has 0 saturated heterocycles. The quantitative estimate of drug-likeness (QED) is 0.606. The Labute approximate surface area is 201 Å². The Bertz CT molecular complexity index is 1100. The van der Waals surface area contributed by atoms with E-state index in [1.54, 1.807) is 62.4 Å². The van der Waals surface area contributed by atoms with Crippen molar-refractivity contribution < 1.29 is 18.0 Å². The zero-order valence-corrected chi connectivity index (χ0v) is 21.5. The highest BCUT2D eigenvalue weighted by molar-refractivity contribution is 7.92. The third kappa shape index (κ3) is 7.75. The van der Waals surface area contributed by atoms with E-state index in [1.807, 2.05) is 20.8 Å². The monoisotopic (exact) mass is 493 g/mol. The normalized spacial score (nSPS) is 12.7. The summed E-state index contributed by atoms with van der Waals surface area (Å²) in [5.74, 6) is -0.818. The molecule has 33 heavy (non-hydrogen) atoms. The summed E-state index contributed by atoms with van der Waals surface area (Å²) < 4.78 is 26.3. The number of rotatable bonds is 8. The number of halogens is 1. The third-order valence-corrected chi connectivity index (χ3v) is 6.37. The highest BCUT2D eigenvalue weighted by Gasteiger charge is 2.31. The lowest BCUT2D eigenvalue weighted by atomic mass is 10.1. The number of hydrogen-bond donors (Lipinski definition) is 1. The number of nitrogens with zero attached hydrogens (tertiary/aromatic N) is 2. The molecule has 2 aromatic carbocycles. The van der Waals surface area contributed by atoms with Crippen molar-refractivity contribution >= 4 is 39.1 Å². The van der Waals surface area contributed by atoms with E-state index in [0.29, 0.717) is 10.7 Å². The smallest absolute Gasteiger partial charge is 0.244 e. The molecule has 0 bridgehead atoms. The van der Waals surface area contributed by atoms with Gasteiger partial charge in [0.25, 0.3) is 0 Å². The van der Waals surface area contributed by atoms with Crippen molar-refractivity contribution in [2.45, 2.75) is 52.7 Å². The number of carbonyl (C=O) groups is 2. The first-order valence-corrected chi connectivity index (χ1v) is 12.8. The molecule has 0 aliphatic rings. The number of hydrogen-bond acceptors (Lipinski definition) is 4. The Morgan fingerprint density at radius 2 is 1.64 bits per heavy atom. The van der Waals surface area contributed by atoms with Crippen molar-refractivity contribution in [2.75, 3.05) is 17.1 Å². The van der Waals surface area contributed by atoms with Gasteiger partial charge < -0.3 is 10.2 Å². The number of carbonyl (C=O) groups excluding carboxylic acids is 2. The van der Waals surface area contributed by atoms with E-state index in [1.165, 1.54) is 4.90 Å². The van der Waals surface area contributed by atoms with E-state index in [-0.39, 0.29) is 12.5 Å². The number of nitrogens with one attached hydrogen (secondary N) is 1. The molecular weight excluding hydrogens is 462 g/mol. The molecule has 0 spiro atoms. The van der Waals surface area contributed by atoms with Crippen molar-refractivity contribution in [1.29, 1.82) is 0 Å². The maximum Gasteiger partial charge on any atom is 0.244 e. The second kappa shape index (κ2) is 10.6. The molecule has 7 nitrogen and oxygen atoms in total. The number of aryl methyl sites for hydroxylation is 1. The number of anilines is 1. The molecule has 2 amide bonds. The van der Waals surface area contributed by atoms with Gasteiger partial charge in [0.15, 0.2) is 0 Å². The molecule has 2 aromatic rings. The molecule has 0 aliphatic carbocycles. The van der Waals surface area contributed by atoms with Gasteiger partial charge in [0.05, 0.1) is 11.9 Å². The summed E-state index contributed by atoms with van der Waals surface area (Å²) in [6, 6.07) is 13.1. The molecule has 0 aliphatic heterocycles. The number of sulfonamides is 1. The van der Waals surface area contributed by atoms with Crippen molar-refractivity contribution in [1.82, 2.24) is 10.2 Å². The molecule has 180 valence electrons. The van der Waals surface area contributed by atoms with Crippen LogP contribution in [0.5, 0.6) is 0 Å². The Kier molecular flexibility index (Phi) is 8.54. The molecule has 0 radical (unpaired) electrons. The SMILES string of the molecule is Cc1ccccc1N(CC(=O)N(Cc1ccc(Cl)cc1)[C@H](C)C(=O)NC(C)(C)C)S(C)(=O)=O. The maximum absolute atomic E-state index is 13.5. The molecule has 1 N–H and O–H groups in total. The van der Waals surface area contributed by atoms with E-state index in [4.69, 9.17) is 11.6 Å². The Balaban J connectivity index is 2.41. The van der Waals surface area contributed by atoms with Gasteiger partial charge in [0, 0.05) is 17.1 Å². The van der Waals surface area contributed by atoms with E-state index >= 15 is 0 Å². The molecule has 0 aromatic heterocycles. The summed E-state index contributed by atoms with van der Waals surface area (Å²) in [6.07, 6.45) is 1.06. The summed E-state index contributed by atoms with van der Waals surface area (Å²) >= 11 is 5.98. The molecular formula is C24H32ClN3O4S. The zero-order valence-electron chi connectivity index (χ0n) is 19.9. The van der Waals surface area contributed by atoms with Gasteiger partial charge in [-0.15, -0.1) is 0 Å². The van der Waals surface area contributed by atoms with Crippen LogP contribution in [0.15, 0.2) is 48.5 Å². The van der Waals surface area contributed by atoms with E-state index in [0.717, 1.165) is 21.7 Å². The summed E-state index contributed by atoms with van der Waals surface area (Å²) in [6.45, 7) is 8.67. The van der Waals surface area contributed by atoms with Gasteiger partial charge in [0.2, 0.25) is 21.8 Å². The van der Waals surface area contributed by atoms with Crippen LogP contribution in [-0.4, -0.2) is 49.5 Å². The molecule has 2 rings (SSSR count). The third-order valence-electron chi connectivity index (χ3n) is 5.00. The molecule has 9 heteroatoms. The molecule has 0 saturated carbocycles. The standard InChI is InChI=1S/C24H32ClN3O4S/c1-17-9-7-8-10-21(17)28(33(6,31)32)16-22(29)27(15-19-11-13-20(25)14-12-19)18(2)23(30)26-24(3,4)5/h7-14,18H,15-16H2,1-6H3,(H,26,30)/t18-/m1/s1. The minimum absolute atomic E-state index is 0.125. The first-order chi connectivity index (χ1) is 15.2. The van der Waals surface area contributed by atoms with Crippen LogP contribution >= 0.6 is 11.6 Å². The predicted molar refractivity (Wildman–Crippen MR) is 133 cm³/mol.